The van der Waals surface area contributed by atoms with Gasteiger partial charge in [-0.1, -0.05) is 11.3 Å². The number of likely N-dealkylation sites (N-methyl/N-ethyl adjacent to an activating group) is 1. The maximum Gasteiger partial charge on any atom is 0.208 e. The molecule has 1 heterocycles. The summed E-state index contributed by atoms with van der Waals surface area (Å²) in [5.41, 5.74) is 0. The first-order valence-electron chi connectivity index (χ1n) is 4.33. The van der Waals surface area contributed by atoms with Crippen LogP contribution in [0.3, 0.4) is 0 Å². The molecule has 5 heteroatoms. The zero-order chi connectivity index (χ0) is 9.68. The van der Waals surface area contributed by atoms with Crippen LogP contribution in [0.2, 0.25) is 0 Å². The largest absolute Gasteiger partial charge is 0.380 e. The van der Waals surface area contributed by atoms with E-state index in [1.54, 1.807) is 11.3 Å². The molecule has 0 N–H and O–H groups in total. The van der Waals surface area contributed by atoms with Gasteiger partial charge in [-0.05, 0) is 13.8 Å². The van der Waals surface area contributed by atoms with Gasteiger partial charge in [0, 0.05) is 20.2 Å². The van der Waals surface area contributed by atoms with Crippen LogP contribution >= 0.6 is 11.3 Å². The van der Waals surface area contributed by atoms with E-state index >= 15 is 0 Å². The predicted molar refractivity (Wildman–Crippen MR) is 54.4 cm³/mol. The van der Waals surface area contributed by atoms with Gasteiger partial charge in [-0.3, -0.25) is 0 Å². The lowest BCUT2D eigenvalue weighted by atomic mass is 10.6. The molecule has 0 aliphatic heterocycles. The zero-order valence-corrected chi connectivity index (χ0v) is 9.10. The minimum absolute atomic E-state index is 0.742. The van der Waals surface area contributed by atoms with Gasteiger partial charge in [0.15, 0.2) is 0 Å². The molecule has 0 fully saturated rings. The third-order valence-electron chi connectivity index (χ3n) is 1.62. The van der Waals surface area contributed by atoms with Gasteiger partial charge in [0.05, 0.1) is 6.61 Å². The SMILES string of the molecule is CCOCCN(C)c1nnc(C)s1. The molecule has 1 aromatic rings. The van der Waals surface area contributed by atoms with Crippen LogP contribution in [0.5, 0.6) is 0 Å². The van der Waals surface area contributed by atoms with Crippen LogP contribution < -0.4 is 4.90 Å². The van der Waals surface area contributed by atoms with Gasteiger partial charge < -0.3 is 9.64 Å². The molecule has 1 rings (SSSR count). The molecular formula is C8H15N3OS. The Hall–Kier alpha value is -0.680. The Balaban J connectivity index is 2.35. The van der Waals surface area contributed by atoms with E-state index in [0.717, 1.165) is 29.9 Å². The van der Waals surface area contributed by atoms with E-state index in [2.05, 4.69) is 15.1 Å². The molecule has 0 spiro atoms. The normalized spacial score (nSPS) is 10.4. The van der Waals surface area contributed by atoms with Crippen LogP contribution in [0, 0.1) is 6.92 Å². The molecule has 0 atom stereocenters. The second-order valence-corrected chi connectivity index (χ2v) is 3.88. The Kier molecular flexibility index (Phi) is 4.11. The van der Waals surface area contributed by atoms with Crippen LogP contribution in [0.15, 0.2) is 0 Å². The van der Waals surface area contributed by atoms with Crippen molar-refractivity contribution in [1.29, 1.82) is 0 Å². The van der Waals surface area contributed by atoms with Crippen molar-refractivity contribution in [3.63, 3.8) is 0 Å². The molecule has 13 heavy (non-hydrogen) atoms. The quantitative estimate of drug-likeness (QED) is 0.673. The summed E-state index contributed by atoms with van der Waals surface area (Å²) in [6.07, 6.45) is 0. The molecule has 0 saturated carbocycles. The lowest BCUT2D eigenvalue weighted by molar-refractivity contribution is 0.154. The molecule has 0 aromatic carbocycles. The first-order valence-corrected chi connectivity index (χ1v) is 5.14. The smallest absolute Gasteiger partial charge is 0.208 e. The highest BCUT2D eigenvalue weighted by Crippen LogP contribution is 2.17. The van der Waals surface area contributed by atoms with Crippen LogP contribution in [-0.2, 0) is 4.74 Å². The number of hydrogen-bond acceptors (Lipinski definition) is 5. The van der Waals surface area contributed by atoms with Crippen molar-refractivity contribution < 1.29 is 4.74 Å². The summed E-state index contributed by atoms with van der Waals surface area (Å²) in [5, 5.41) is 9.94. The van der Waals surface area contributed by atoms with Crippen LogP contribution in [0.4, 0.5) is 5.13 Å². The summed E-state index contributed by atoms with van der Waals surface area (Å²) in [6.45, 7) is 6.32. The van der Waals surface area contributed by atoms with Crippen LogP contribution in [0.1, 0.15) is 11.9 Å². The van der Waals surface area contributed by atoms with E-state index in [-0.39, 0.29) is 0 Å². The maximum atomic E-state index is 5.25. The van der Waals surface area contributed by atoms with Gasteiger partial charge in [0.25, 0.3) is 0 Å². The highest BCUT2D eigenvalue weighted by Gasteiger charge is 2.05. The van der Waals surface area contributed by atoms with Gasteiger partial charge in [-0.25, -0.2) is 0 Å². The summed E-state index contributed by atoms with van der Waals surface area (Å²) in [5.74, 6) is 0. The van der Waals surface area contributed by atoms with E-state index in [9.17, 15) is 0 Å². The van der Waals surface area contributed by atoms with Crippen molar-refractivity contribution in [3.8, 4) is 0 Å². The van der Waals surface area contributed by atoms with Crippen molar-refractivity contribution in [2.45, 2.75) is 13.8 Å². The monoisotopic (exact) mass is 201 g/mol. The summed E-state index contributed by atoms with van der Waals surface area (Å²) in [7, 11) is 2.00. The van der Waals surface area contributed by atoms with E-state index in [1.807, 2.05) is 20.9 Å². The van der Waals surface area contributed by atoms with Gasteiger partial charge in [-0.2, -0.15) is 0 Å². The molecule has 4 nitrogen and oxygen atoms in total. The van der Waals surface area contributed by atoms with Gasteiger partial charge in [0.2, 0.25) is 5.13 Å². The molecule has 0 saturated heterocycles. The van der Waals surface area contributed by atoms with Crippen molar-refractivity contribution in [2.75, 3.05) is 31.7 Å². The topological polar surface area (TPSA) is 38.2 Å². The molecule has 1 aromatic heterocycles. The molecule has 0 aliphatic rings. The number of rotatable bonds is 5. The third kappa shape index (κ3) is 3.28. The number of nitrogens with zero attached hydrogens (tertiary/aromatic N) is 3. The second kappa shape index (κ2) is 5.14. The summed E-state index contributed by atoms with van der Waals surface area (Å²) in [6, 6.07) is 0. The first kappa shape index (κ1) is 10.4. The standard InChI is InChI=1S/C8H15N3OS/c1-4-12-6-5-11(3)8-10-9-7(2)13-8/h4-6H2,1-3H3. The Bertz CT molecular complexity index is 251. The third-order valence-corrected chi connectivity index (χ3v) is 2.57. The second-order valence-electron chi connectivity index (χ2n) is 2.72. The van der Waals surface area contributed by atoms with E-state index in [1.165, 1.54) is 0 Å². The van der Waals surface area contributed by atoms with E-state index < -0.39 is 0 Å². The lowest BCUT2D eigenvalue weighted by Crippen LogP contribution is -2.22. The molecule has 0 amide bonds. The van der Waals surface area contributed by atoms with Crippen LogP contribution in [-0.4, -0.2) is 37.0 Å². The maximum absolute atomic E-state index is 5.25. The van der Waals surface area contributed by atoms with Crippen molar-refractivity contribution in [2.24, 2.45) is 0 Å². The first-order chi connectivity index (χ1) is 6.24. The van der Waals surface area contributed by atoms with Crippen LogP contribution in [0.25, 0.3) is 0 Å². The number of ether oxygens (including phenoxy) is 1. The fourth-order valence-corrected chi connectivity index (χ4v) is 1.56. The fraction of sp³-hybridized carbons (Fsp3) is 0.750. The van der Waals surface area contributed by atoms with Crippen molar-refractivity contribution >= 4 is 16.5 Å². The molecule has 74 valence electrons. The highest BCUT2D eigenvalue weighted by atomic mass is 32.1. The number of hydrogen-bond donors (Lipinski definition) is 0. The number of anilines is 1. The Labute approximate surface area is 82.5 Å². The molecule has 0 bridgehead atoms. The number of aryl methyl sites for hydroxylation is 1. The summed E-state index contributed by atoms with van der Waals surface area (Å²) >= 11 is 1.60. The average molecular weight is 201 g/mol. The number of aromatic nitrogens is 2. The van der Waals surface area contributed by atoms with Gasteiger partial charge >= 0.3 is 0 Å². The summed E-state index contributed by atoms with van der Waals surface area (Å²) < 4.78 is 5.25. The lowest BCUT2D eigenvalue weighted by Gasteiger charge is -2.13. The Morgan fingerprint density at radius 1 is 1.46 bits per heavy atom. The predicted octanol–water partition coefficient (Wildman–Crippen LogP) is 1.32. The minimum Gasteiger partial charge on any atom is -0.380 e. The van der Waals surface area contributed by atoms with Crippen molar-refractivity contribution in [1.82, 2.24) is 10.2 Å². The molecule has 0 aliphatic carbocycles. The summed E-state index contributed by atoms with van der Waals surface area (Å²) in [4.78, 5) is 2.06. The molecule has 0 radical (unpaired) electrons. The fourth-order valence-electron chi connectivity index (χ4n) is 0.882. The van der Waals surface area contributed by atoms with Gasteiger partial charge in [0.1, 0.15) is 5.01 Å². The minimum atomic E-state index is 0.742. The van der Waals surface area contributed by atoms with Crippen molar-refractivity contribution in [3.05, 3.63) is 5.01 Å². The van der Waals surface area contributed by atoms with E-state index in [4.69, 9.17) is 4.74 Å². The zero-order valence-electron chi connectivity index (χ0n) is 8.28. The Morgan fingerprint density at radius 3 is 2.77 bits per heavy atom. The molecular weight excluding hydrogens is 186 g/mol. The molecule has 0 unspecified atom stereocenters. The highest BCUT2D eigenvalue weighted by molar-refractivity contribution is 7.15. The average Bonchev–Trinajstić information content (AvgIpc) is 2.52. The van der Waals surface area contributed by atoms with Gasteiger partial charge in [-0.15, -0.1) is 10.2 Å². The van der Waals surface area contributed by atoms with E-state index in [0.29, 0.717) is 0 Å². The Morgan fingerprint density at radius 2 is 2.23 bits per heavy atom.